The number of hydrogen-bond acceptors (Lipinski definition) is 4. The average molecular weight is 267 g/mol. The Morgan fingerprint density at radius 2 is 2.06 bits per heavy atom. The van der Waals surface area contributed by atoms with Crippen molar-refractivity contribution in [2.75, 3.05) is 12.4 Å². The van der Waals surface area contributed by atoms with Crippen LogP contribution in [0.15, 0.2) is 30.3 Å². The predicted octanol–water partition coefficient (Wildman–Crippen LogP) is 2.59. The minimum absolute atomic E-state index is 0.315. The summed E-state index contributed by atoms with van der Waals surface area (Å²) in [5.41, 5.74) is 6.35. The fourth-order valence-corrected chi connectivity index (χ4v) is 2.59. The standard InChI is InChI=1S/C14H21NO2S/c1-3-17-13(16)14(2,15)9-10-18-11-12-7-5-4-6-8-12/h4-8H,3,9-11,15H2,1-2H3. The van der Waals surface area contributed by atoms with Crippen LogP contribution in [0, 0.1) is 0 Å². The number of esters is 1. The lowest BCUT2D eigenvalue weighted by molar-refractivity contribution is -0.149. The van der Waals surface area contributed by atoms with E-state index in [0.717, 1.165) is 11.5 Å². The number of rotatable bonds is 7. The smallest absolute Gasteiger partial charge is 0.325 e. The molecule has 0 radical (unpaired) electrons. The minimum atomic E-state index is -0.875. The molecule has 0 fully saturated rings. The van der Waals surface area contributed by atoms with Crippen LogP contribution in [0.1, 0.15) is 25.8 Å². The van der Waals surface area contributed by atoms with Crippen molar-refractivity contribution in [1.82, 2.24) is 0 Å². The molecule has 1 unspecified atom stereocenters. The molecule has 0 spiro atoms. The lowest BCUT2D eigenvalue weighted by Gasteiger charge is -2.21. The maximum atomic E-state index is 11.6. The number of thioether (sulfide) groups is 1. The summed E-state index contributed by atoms with van der Waals surface area (Å²) >= 11 is 1.78. The Morgan fingerprint density at radius 3 is 2.67 bits per heavy atom. The number of hydrogen-bond donors (Lipinski definition) is 1. The molecule has 0 aliphatic carbocycles. The third-order valence-corrected chi connectivity index (χ3v) is 3.65. The van der Waals surface area contributed by atoms with E-state index in [4.69, 9.17) is 10.5 Å². The van der Waals surface area contributed by atoms with Crippen molar-refractivity contribution in [3.05, 3.63) is 35.9 Å². The van der Waals surface area contributed by atoms with Gasteiger partial charge in [-0.1, -0.05) is 30.3 Å². The molecular weight excluding hydrogens is 246 g/mol. The van der Waals surface area contributed by atoms with E-state index in [1.54, 1.807) is 25.6 Å². The topological polar surface area (TPSA) is 52.3 Å². The summed E-state index contributed by atoms with van der Waals surface area (Å²) in [4.78, 5) is 11.6. The maximum absolute atomic E-state index is 11.6. The lowest BCUT2D eigenvalue weighted by Crippen LogP contribution is -2.46. The Hall–Kier alpha value is -1.00. The van der Waals surface area contributed by atoms with Gasteiger partial charge in [0.1, 0.15) is 5.54 Å². The first kappa shape index (κ1) is 15.1. The van der Waals surface area contributed by atoms with E-state index in [-0.39, 0.29) is 5.97 Å². The van der Waals surface area contributed by atoms with Gasteiger partial charge in [0.2, 0.25) is 0 Å². The normalized spacial score (nSPS) is 13.9. The van der Waals surface area contributed by atoms with Gasteiger partial charge in [-0.15, -0.1) is 0 Å². The molecule has 1 aromatic carbocycles. The molecule has 4 heteroatoms. The minimum Gasteiger partial charge on any atom is -0.465 e. The fourth-order valence-electron chi connectivity index (χ4n) is 1.45. The van der Waals surface area contributed by atoms with Gasteiger partial charge in [-0.2, -0.15) is 11.8 Å². The molecule has 2 N–H and O–H groups in total. The number of benzene rings is 1. The molecule has 1 atom stereocenters. The Morgan fingerprint density at radius 1 is 1.39 bits per heavy atom. The van der Waals surface area contributed by atoms with Crippen LogP contribution in [0.4, 0.5) is 0 Å². The van der Waals surface area contributed by atoms with Crippen molar-refractivity contribution in [1.29, 1.82) is 0 Å². The molecule has 0 saturated heterocycles. The molecule has 18 heavy (non-hydrogen) atoms. The third kappa shape index (κ3) is 5.10. The van der Waals surface area contributed by atoms with Crippen LogP contribution in [0.2, 0.25) is 0 Å². The quantitative estimate of drug-likeness (QED) is 0.609. The van der Waals surface area contributed by atoms with Crippen LogP contribution >= 0.6 is 11.8 Å². The second-order valence-corrected chi connectivity index (χ2v) is 5.53. The van der Waals surface area contributed by atoms with E-state index >= 15 is 0 Å². The van der Waals surface area contributed by atoms with Gasteiger partial charge in [0, 0.05) is 5.75 Å². The molecule has 1 aromatic rings. The highest BCUT2D eigenvalue weighted by Gasteiger charge is 2.29. The zero-order valence-corrected chi connectivity index (χ0v) is 11.8. The van der Waals surface area contributed by atoms with Crippen LogP contribution in [-0.4, -0.2) is 23.9 Å². The second-order valence-electron chi connectivity index (χ2n) is 4.43. The highest BCUT2D eigenvalue weighted by molar-refractivity contribution is 7.98. The van der Waals surface area contributed by atoms with Gasteiger partial charge in [0.05, 0.1) is 6.61 Å². The van der Waals surface area contributed by atoms with Gasteiger partial charge in [0.25, 0.3) is 0 Å². The van der Waals surface area contributed by atoms with Gasteiger partial charge in [0.15, 0.2) is 0 Å². The van der Waals surface area contributed by atoms with E-state index in [2.05, 4.69) is 12.1 Å². The van der Waals surface area contributed by atoms with Gasteiger partial charge in [-0.25, -0.2) is 0 Å². The lowest BCUT2D eigenvalue weighted by atomic mass is 10.0. The SMILES string of the molecule is CCOC(=O)C(C)(N)CCSCc1ccccc1. The zero-order valence-electron chi connectivity index (χ0n) is 11.0. The monoisotopic (exact) mass is 267 g/mol. The molecule has 0 heterocycles. The first-order valence-electron chi connectivity index (χ1n) is 6.14. The summed E-state index contributed by atoms with van der Waals surface area (Å²) in [5.74, 6) is 1.48. The van der Waals surface area contributed by atoms with Gasteiger partial charge in [-0.3, -0.25) is 4.79 Å². The van der Waals surface area contributed by atoms with Crippen molar-refractivity contribution < 1.29 is 9.53 Å². The molecule has 3 nitrogen and oxygen atoms in total. The van der Waals surface area contributed by atoms with Crippen molar-refractivity contribution in [2.45, 2.75) is 31.6 Å². The van der Waals surface area contributed by atoms with Crippen LogP contribution < -0.4 is 5.73 Å². The van der Waals surface area contributed by atoms with E-state index in [0.29, 0.717) is 13.0 Å². The van der Waals surface area contributed by atoms with E-state index < -0.39 is 5.54 Å². The Balaban J connectivity index is 2.27. The van der Waals surface area contributed by atoms with Crippen LogP contribution in [0.5, 0.6) is 0 Å². The number of carbonyl (C=O) groups excluding carboxylic acids is 1. The molecule has 0 bridgehead atoms. The summed E-state index contributed by atoms with van der Waals surface area (Å²) in [5, 5.41) is 0. The zero-order chi connectivity index (χ0) is 13.4. The molecule has 0 saturated carbocycles. The van der Waals surface area contributed by atoms with Gasteiger partial charge in [-0.05, 0) is 31.6 Å². The van der Waals surface area contributed by atoms with Crippen LogP contribution in [-0.2, 0) is 15.3 Å². The molecule has 0 amide bonds. The average Bonchev–Trinajstić information content (AvgIpc) is 2.36. The number of ether oxygens (including phenoxy) is 1. The van der Waals surface area contributed by atoms with Gasteiger partial charge >= 0.3 is 5.97 Å². The first-order chi connectivity index (χ1) is 8.56. The van der Waals surface area contributed by atoms with Gasteiger partial charge < -0.3 is 10.5 Å². The fraction of sp³-hybridized carbons (Fsp3) is 0.500. The third-order valence-electron chi connectivity index (χ3n) is 2.62. The molecule has 0 aromatic heterocycles. The molecular formula is C14H21NO2S. The van der Waals surface area contributed by atoms with Crippen molar-refractivity contribution in [3.63, 3.8) is 0 Å². The Bertz CT molecular complexity index is 365. The molecule has 1 rings (SSSR count). The Labute approximate surface area is 113 Å². The highest BCUT2D eigenvalue weighted by Crippen LogP contribution is 2.17. The van der Waals surface area contributed by atoms with E-state index in [9.17, 15) is 4.79 Å². The predicted molar refractivity (Wildman–Crippen MR) is 76.4 cm³/mol. The van der Waals surface area contributed by atoms with E-state index in [1.807, 2.05) is 18.2 Å². The summed E-state index contributed by atoms with van der Waals surface area (Å²) in [6.45, 7) is 3.90. The summed E-state index contributed by atoms with van der Waals surface area (Å²) in [6.07, 6.45) is 0.628. The number of nitrogens with two attached hydrogens (primary N) is 1. The van der Waals surface area contributed by atoms with Crippen molar-refractivity contribution >= 4 is 17.7 Å². The van der Waals surface area contributed by atoms with Crippen LogP contribution in [0.3, 0.4) is 0 Å². The molecule has 100 valence electrons. The largest absolute Gasteiger partial charge is 0.465 e. The van der Waals surface area contributed by atoms with E-state index in [1.165, 1.54) is 5.56 Å². The number of carbonyl (C=O) groups is 1. The summed E-state index contributed by atoms with van der Waals surface area (Å²) in [6, 6.07) is 10.3. The van der Waals surface area contributed by atoms with Crippen LogP contribution in [0.25, 0.3) is 0 Å². The molecule has 0 aliphatic rings. The maximum Gasteiger partial charge on any atom is 0.325 e. The second kappa shape index (κ2) is 7.44. The highest BCUT2D eigenvalue weighted by atomic mass is 32.2. The summed E-state index contributed by atoms with van der Waals surface area (Å²) in [7, 11) is 0. The first-order valence-corrected chi connectivity index (χ1v) is 7.29. The molecule has 0 aliphatic heterocycles. The summed E-state index contributed by atoms with van der Waals surface area (Å²) < 4.78 is 4.95. The van der Waals surface area contributed by atoms with Crippen molar-refractivity contribution in [3.8, 4) is 0 Å². The Kier molecular flexibility index (Phi) is 6.22. The van der Waals surface area contributed by atoms with Crippen molar-refractivity contribution in [2.24, 2.45) is 5.73 Å².